The van der Waals surface area contributed by atoms with Gasteiger partial charge in [-0.15, -0.1) is 0 Å². The van der Waals surface area contributed by atoms with Crippen LogP contribution in [0.3, 0.4) is 0 Å². The van der Waals surface area contributed by atoms with Gasteiger partial charge in [0.15, 0.2) is 0 Å². The SMILES string of the molecule is COc1cccc(C(C)=NNC(=O)c2ccc(C)c([N+](=O)[O-])c2)c1. The molecule has 0 atom stereocenters. The van der Waals surface area contributed by atoms with E-state index in [4.69, 9.17) is 4.74 Å². The summed E-state index contributed by atoms with van der Waals surface area (Å²) in [5, 5.41) is 15.0. The summed E-state index contributed by atoms with van der Waals surface area (Å²) < 4.78 is 5.14. The predicted molar refractivity (Wildman–Crippen MR) is 90.5 cm³/mol. The molecule has 24 heavy (non-hydrogen) atoms. The van der Waals surface area contributed by atoms with E-state index in [-0.39, 0.29) is 11.3 Å². The van der Waals surface area contributed by atoms with E-state index in [2.05, 4.69) is 10.5 Å². The number of hydrazone groups is 1. The fourth-order valence-corrected chi connectivity index (χ4v) is 2.06. The number of carbonyl (C=O) groups is 1. The van der Waals surface area contributed by atoms with E-state index in [9.17, 15) is 14.9 Å². The van der Waals surface area contributed by atoms with Gasteiger partial charge in [-0.3, -0.25) is 14.9 Å². The second-order valence-corrected chi connectivity index (χ2v) is 5.13. The normalized spacial score (nSPS) is 11.0. The van der Waals surface area contributed by atoms with Gasteiger partial charge in [0.05, 0.1) is 17.7 Å². The molecule has 0 radical (unpaired) electrons. The van der Waals surface area contributed by atoms with Gasteiger partial charge >= 0.3 is 0 Å². The molecule has 0 spiro atoms. The van der Waals surface area contributed by atoms with Crippen molar-refractivity contribution >= 4 is 17.3 Å². The standard InChI is InChI=1S/C17H17N3O4/c1-11-7-8-14(10-16(11)20(22)23)17(21)19-18-12(2)13-5-4-6-15(9-13)24-3/h4-10H,1-3H3,(H,19,21). The molecule has 0 aliphatic carbocycles. The van der Waals surface area contributed by atoms with Gasteiger partial charge in [-0.05, 0) is 32.0 Å². The molecule has 0 aromatic heterocycles. The lowest BCUT2D eigenvalue weighted by Gasteiger charge is -2.05. The first-order valence-corrected chi connectivity index (χ1v) is 7.16. The predicted octanol–water partition coefficient (Wildman–Crippen LogP) is 3.07. The monoisotopic (exact) mass is 327 g/mol. The Bertz CT molecular complexity index is 815. The summed E-state index contributed by atoms with van der Waals surface area (Å²) in [5.41, 5.74) is 4.36. The lowest BCUT2D eigenvalue weighted by atomic mass is 10.1. The molecule has 0 unspecified atom stereocenters. The number of nitro benzene ring substituents is 1. The topological polar surface area (TPSA) is 93.8 Å². The maximum atomic E-state index is 12.1. The van der Waals surface area contributed by atoms with Crippen LogP contribution in [0.1, 0.15) is 28.4 Å². The Labute approximate surface area is 139 Å². The lowest BCUT2D eigenvalue weighted by Crippen LogP contribution is -2.19. The maximum absolute atomic E-state index is 12.1. The smallest absolute Gasteiger partial charge is 0.273 e. The molecule has 124 valence electrons. The molecule has 7 heteroatoms. The molecule has 2 rings (SSSR count). The summed E-state index contributed by atoms with van der Waals surface area (Å²) in [4.78, 5) is 22.5. The highest BCUT2D eigenvalue weighted by molar-refractivity contribution is 6.01. The van der Waals surface area contributed by atoms with E-state index in [0.717, 1.165) is 5.56 Å². The minimum absolute atomic E-state index is 0.101. The second kappa shape index (κ2) is 7.36. The van der Waals surface area contributed by atoms with E-state index in [1.165, 1.54) is 18.2 Å². The molecule has 1 N–H and O–H groups in total. The third-order valence-electron chi connectivity index (χ3n) is 3.48. The fraction of sp³-hybridized carbons (Fsp3) is 0.176. The molecule has 0 heterocycles. The molecule has 0 fully saturated rings. The van der Waals surface area contributed by atoms with Crippen LogP contribution < -0.4 is 10.2 Å². The second-order valence-electron chi connectivity index (χ2n) is 5.13. The Morgan fingerprint density at radius 3 is 2.62 bits per heavy atom. The Balaban J connectivity index is 2.17. The van der Waals surface area contributed by atoms with Gasteiger partial charge in [0.2, 0.25) is 0 Å². The maximum Gasteiger partial charge on any atom is 0.273 e. The minimum atomic E-state index is -0.517. The van der Waals surface area contributed by atoms with E-state index in [1.54, 1.807) is 33.1 Å². The largest absolute Gasteiger partial charge is 0.497 e. The number of amides is 1. The van der Waals surface area contributed by atoms with Crippen molar-refractivity contribution in [1.29, 1.82) is 0 Å². The Morgan fingerprint density at radius 1 is 1.21 bits per heavy atom. The van der Waals surface area contributed by atoms with Crippen molar-refractivity contribution in [2.45, 2.75) is 13.8 Å². The Morgan fingerprint density at radius 2 is 1.96 bits per heavy atom. The van der Waals surface area contributed by atoms with Crippen molar-refractivity contribution < 1.29 is 14.5 Å². The number of nitro groups is 1. The number of ether oxygens (including phenoxy) is 1. The summed E-state index contributed by atoms with van der Waals surface area (Å²) in [6.07, 6.45) is 0. The van der Waals surface area contributed by atoms with Gasteiger partial charge in [0, 0.05) is 22.8 Å². The summed E-state index contributed by atoms with van der Waals surface area (Å²) in [5.74, 6) is 0.169. The van der Waals surface area contributed by atoms with Crippen LogP contribution in [0.4, 0.5) is 5.69 Å². The number of methoxy groups -OCH3 is 1. The van der Waals surface area contributed by atoms with Crippen LogP contribution in [0.15, 0.2) is 47.6 Å². The van der Waals surface area contributed by atoms with Crippen molar-refractivity contribution in [2.75, 3.05) is 7.11 Å². The minimum Gasteiger partial charge on any atom is -0.497 e. The molecule has 2 aromatic rings. The van der Waals surface area contributed by atoms with Gasteiger partial charge in [-0.2, -0.15) is 5.10 Å². The highest BCUT2D eigenvalue weighted by atomic mass is 16.6. The number of aryl methyl sites for hydroxylation is 1. The molecule has 1 amide bonds. The zero-order valence-corrected chi connectivity index (χ0v) is 13.6. The van der Waals surface area contributed by atoms with Crippen LogP contribution in [0, 0.1) is 17.0 Å². The van der Waals surface area contributed by atoms with Crippen molar-refractivity contribution in [1.82, 2.24) is 5.43 Å². The average Bonchev–Trinajstić information content (AvgIpc) is 2.59. The van der Waals surface area contributed by atoms with Gasteiger partial charge in [-0.25, -0.2) is 5.43 Å². The fourth-order valence-electron chi connectivity index (χ4n) is 2.06. The lowest BCUT2D eigenvalue weighted by molar-refractivity contribution is -0.385. The first-order valence-electron chi connectivity index (χ1n) is 7.16. The van der Waals surface area contributed by atoms with Gasteiger partial charge in [0.1, 0.15) is 5.75 Å². The molecule has 0 saturated carbocycles. The van der Waals surface area contributed by atoms with Crippen LogP contribution in [-0.4, -0.2) is 23.7 Å². The van der Waals surface area contributed by atoms with E-state index < -0.39 is 10.8 Å². The van der Waals surface area contributed by atoms with Crippen molar-refractivity contribution in [3.05, 3.63) is 69.3 Å². The van der Waals surface area contributed by atoms with E-state index in [1.807, 2.05) is 12.1 Å². The molecule has 0 aliphatic heterocycles. The summed E-state index contributed by atoms with van der Waals surface area (Å²) in [6.45, 7) is 3.36. The molecular formula is C17H17N3O4. The number of nitrogens with one attached hydrogen (secondary N) is 1. The highest BCUT2D eigenvalue weighted by Gasteiger charge is 2.14. The number of rotatable bonds is 5. The average molecular weight is 327 g/mol. The first-order chi connectivity index (χ1) is 11.4. The van der Waals surface area contributed by atoms with Crippen LogP contribution in [-0.2, 0) is 0 Å². The van der Waals surface area contributed by atoms with E-state index >= 15 is 0 Å². The summed E-state index contributed by atoms with van der Waals surface area (Å²) in [6, 6.07) is 11.5. The van der Waals surface area contributed by atoms with Crippen molar-refractivity contribution in [3.8, 4) is 5.75 Å². The number of nitrogens with zero attached hydrogens (tertiary/aromatic N) is 2. The van der Waals surface area contributed by atoms with Crippen LogP contribution >= 0.6 is 0 Å². The van der Waals surface area contributed by atoms with Crippen molar-refractivity contribution in [3.63, 3.8) is 0 Å². The first kappa shape index (κ1) is 17.1. The molecule has 2 aromatic carbocycles. The van der Waals surface area contributed by atoms with Gasteiger partial charge < -0.3 is 4.74 Å². The van der Waals surface area contributed by atoms with Gasteiger partial charge in [0.25, 0.3) is 11.6 Å². The Kier molecular flexibility index (Phi) is 5.26. The van der Waals surface area contributed by atoms with Crippen molar-refractivity contribution in [2.24, 2.45) is 5.10 Å². The zero-order valence-electron chi connectivity index (χ0n) is 13.6. The number of carbonyl (C=O) groups excluding carboxylic acids is 1. The van der Waals surface area contributed by atoms with Crippen LogP contribution in [0.2, 0.25) is 0 Å². The quantitative estimate of drug-likeness (QED) is 0.519. The van der Waals surface area contributed by atoms with Gasteiger partial charge in [-0.1, -0.05) is 18.2 Å². The zero-order chi connectivity index (χ0) is 17.7. The molecule has 0 saturated heterocycles. The molecule has 7 nitrogen and oxygen atoms in total. The molecular weight excluding hydrogens is 310 g/mol. The van der Waals surface area contributed by atoms with Crippen LogP contribution in [0.5, 0.6) is 5.75 Å². The van der Waals surface area contributed by atoms with Crippen LogP contribution in [0.25, 0.3) is 0 Å². The number of hydrogen-bond acceptors (Lipinski definition) is 5. The van der Waals surface area contributed by atoms with E-state index in [0.29, 0.717) is 17.0 Å². The summed E-state index contributed by atoms with van der Waals surface area (Å²) >= 11 is 0. The third kappa shape index (κ3) is 3.95. The summed E-state index contributed by atoms with van der Waals surface area (Å²) in [7, 11) is 1.57. The Hall–Kier alpha value is -3.22. The third-order valence-corrected chi connectivity index (χ3v) is 3.48. The molecule has 0 bridgehead atoms. The molecule has 0 aliphatic rings. The highest BCUT2D eigenvalue weighted by Crippen LogP contribution is 2.19. The number of hydrogen-bond donors (Lipinski definition) is 1. The number of benzene rings is 2.